The Balaban J connectivity index is 2.01. The fourth-order valence-corrected chi connectivity index (χ4v) is 3.82. The summed E-state index contributed by atoms with van der Waals surface area (Å²) in [6.07, 6.45) is 5.71. The van der Waals surface area contributed by atoms with Gasteiger partial charge in [0.05, 0.1) is 6.26 Å². The van der Waals surface area contributed by atoms with Crippen molar-refractivity contribution in [3.63, 3.8) is 0 Å². The zero-order chi connectivity index (χ0) is 14.5. The highest BCUT2D eigenvalue weighted by Gasteiger charge is 2.42. The van der Waals surface area contributed by atoms with Crippen molar-refractivity contribution in [3.05, 3.63) is 34.3 Å². The summed E-state index contributed by atoms with van der Waals surface area (Å²) >= 11 is 0. The zero-order valence-electron chi connectivity index (χ0n) is 12.7. The standard InChI is InChI=1S/C17H22O3/c1-10-9-19-16-8-17(4)6-5-15(20-12(3)18)11(2)14(17)7-13(10)16/h9,15H,5-8H2,1-4H3/t15-,17-/m1/s1. The summed E-state index contributed by atoms with van der Waals surface area (Å²) in [4.78, 5) is 11.2. The van der Waals surface area contributed by atoms with Crippen molar-refractivity contribution in [2.45, 2.75) is 59.5 Å². The van der Waals surface area contributed by atoms with Gasteiger partial charge in [0.1, 0.15) is 11.9 Å². The van der Waals surface area contributed by atoms with Crippen molar-refractivity contribution in [2.75, 3.05) is 0 Å². The van der Waals surface area contributed by atoms with Gasteiger partial charge in [-0.05, 0) is 49.7 Å². The predicted molar refractivity (Wildman–Crippen MR) is 76.4 cm³/mol. The number of esters is 1. The molecular weight excluding hydrogens is 252 g/mol. The van der Waals surface area contributed by atoms with Crippen molar-refractivity contribution in [3.8, 4) is 0 Å². The van der Waals surface area contributed by atoms with E-state index in [9.17, 15) is 4.79 Å². The minimum atomic E-state index is -0.186. The summed E-state index contributed by atoms with van der Waals surface area (Å²) in [6.45, 7) is 8.04. The van der Waals surface area contributed by atoms with Crippen molar-refractivity contribution in [2.24, 2.45) is 5.41 Å². The van der Waals surface area contributed by atoms with Crippen LogP contribution in [0.4, 0.5) is 0 Å². The lowest BCUT2D eigenvalue weighted by molar-refractivity contribution is -0.145. The van der Waals surface area contributed by atoms with Gasteiger partial charge in [-0.15, -0.1) is 0 Å². The Morgan fingerprint density at radius 3 is 2.90 bits per heavy atom. The van der Waals surface area contributed by atoms with E-state index < -0.39 is 0 Å². The molecule has 0 fully saturated rings. The number of hydrogen-bond donors (Lipinski definition) is 0. The third kappa shape index (κ3) is 2.00. The van der Waals surface area contributed by atoms with Crippen LogP contribution in [-0.2, 0) is 22.4 Å². The molecule has 2 atom stereocenters. The molecule has 0 bridgehead atoms. The molecule has 0 radical (unpaired) electrons. The van der Waals surface area contributed by atoms with E-state index in [1.165, 1.54) is 29.2 Å². The van der Waals surface area contributed by atoms with E-state index in [1.54, 1.807) is 0 Å². The van der Waals surface area contributed by atoms with Gasteiger partial charge in [-0.25, -0.2) is 0 Å². The number of carbonyl (C=O) groups excluding carboxylic acids is 1. The van der Waals surface area contributed by atoms with Crippen LogP contribution < -0.4 is 0 Å². The molecule has 1 heterocycles. The van der Waals surface area contributed by atoms with Gasteiger partial charge >= 0.3 is 5.97 Å². The molecule has 0 unspecified atom stereocenters. The van der Waals surface area contributed by atoms with Crippen molar-refractivity contribution in [1.29, 1.82) is 0 Å². The highest BCUT2D eigenvalue weighted by Crippen LogP contribution is 2.49. The lowest BCUT2D eigenvalue weighted by Gasteiger charge is -2.43. The molecule has 2 aliphatic carbocycles. The van der Waals surface area contributed by atoms with Gasteiger partial charge in [-0.3, -0.25) is 4.79 Å². The highest BCUT2D eigenvalue weighted by atomic mass is 16.5. The van der Waals surface area contributed by atoms with Gasteiger partial charge < -0.3 is 9.15 Å². The van der Waals surface area contributed by atoms with Gasteiger partial charge in [0.25, 0.3) is 0 Å². The molecule has 0 saturated carbocycles. The van der Waals surface area contributed by atoms with E-state index in [2.05, 4.69) is 20.8 Å². The SMILES string of the molecule is CC(=O)O[C@@H]1CC[C@]2(C)Cc3occ(C)c3CC2=C1C. The maximum Gasteiger partial charge on any atom is 0.303 e. The zero-order valence-corrected chi connectivity index (χ0v) is 12.7. The molecule has 1 aromatic heterocycles. The quantitative estimate of drug-likeness (QED) is 0.578. The number of ether oxygens (including phenoxy) is 1. The largest absolute Gasteiger partial charge is 0.469 e. The number of allylic oxidation sites excluding steroid dienone is 1. The van der Waals surface area contributed by atoms with Gasteiger partial charge in [-0.2, -0.15) is 0 Å². The molecule has 20 heavy (non-hydrogen) atoms. The summed E-state index contributed by atoms with van der Waals surface area (Å²) < 4.78 is 11.2. The molecule has 108 valence electrons. The lowest BCUT2D eigenvalue weighted by Crippen LogP contribution is -2.37. The smallest absolute Gasteiger partial charge is 0.303 e. The third-order valence-electron chi connectivity index (χ3n) is 5.05. The molecule has 3 nitrogen and oxygen atoms in total. The predicted octanol–water partition coefficient (Wildman–Crippen LogP) is 3.73. The molecule has 0 amide bonds. The Bertz CT molecular complexity index is 593. The van der Waals surface area contributed by atoms with Gasteiger partial charge in [0, 0.05) is 18.9 Å². The van der Waals surface area contributed by atoms with Crippen LogP contribution in [-0.4, -0.2) is 12.1 Å². The van der Waals surface area contributed by atoms with Crippen molar-refractivity contribution in [1.82, 2.24) is 0 Å². The Labute approximate surface area is 120 Å². The average Bonchev–Trinajstić information content (AvgIpc) is 2.72. The van der Waals surface area contributed by atoms with E-state index in [0.29, 0.717) is 0 Å². The second-order valence-corrected chi connectivity index (χ2v) is 6.53. The van der Waals surface area contributed by atoms with Crippen LogP contribution in [0, 0.1) is 12.3 Å². The number of rotatable bonds is 1. The lowest BCUT2D eigenvalue weighted by atomic mass is 9.63. The molecule has 0 spiro atoms. The Kier molecular flexibility index (Phi) is 3.03. The first-order valence-corrected chi connectivity index (χ1v) is 7.34. The second-order valence-electron chi connectivity index (χ2n) is 6.53. The summed E-state index contributed by atoms with van der Waals surface area (Å²) in [5.74, 6) is 0.960. The Morgan fingerprint density at radius 1 is 1.45 bits per heavy atom. The number of hydrogen-bond acceptors (Lipinski definition) is 3. The first-order chi connectivity index (χ1) is 9.40. The molecule has 0 aliphatic heterocycles. The molecule has 0 N–H and O–H groups in total. The van der Waals surface area contributed by atoms with Crippen LogP contribution in [0.15, 0.2) is 21.8 Å². The van der Waals surface area contributed by atoms with Crippen LogP contribution in [0.25, 0.3) is 0 Å². The summed E-state index contributed by atoms with van der Waals surface area (Å²) in [7, 11) is 0. The van der Waals surface area contributed by atoms with Gasteiger partial charge in [-0.1, -0.05) is 12.5 Å². The molecule has 0 aromatic carbocycles. The van der Waals surface area contributed by atoms with E-state index in [0.717, 1.165) is 31.4 Å². The van der Waals surface area contributed by atoms with Crippen LogP contribution >= 0.6 is 0 Å². The van der Waals surface area contributed by atoms with E-state index in [-0.39, 0.29) is 17.5 Å². The molecule has 3 heteroatoms. The number of furan rings is 1. The maximum atomic E-state index is 11.2. The van der Waals surface area contributed by atoms with Crippen molar-refractivity contribution >= 4 is 5.97 Å². The first-order valence-electron chi connectivity index (χ1n) is 7.34. The number of aryl methyl sites for hydroxylation is 1. The monoisotopic (exact) mass is 274 g/mol. The summed E-state index contributed by atoms with van der Waals surface area (Å²) in [6, 6.07) is 0. The molecule has 3 rings (SSSR count). The minimum absolute atomic E-state index is 0.0377. The highest BCUT2D eigenvalue weighted by molar-refractivity contribution is 5.66. The summed E-state index contributed by atoms with van der Waals surface area (Å²) in [5.41, 5.74) is 5.43. The first kappa shape index (κ1) is 13.5. The van der Waals surface area contributed by atoms with Gasteiger partial charge in [0.2, 0.25) is 0 Å². The topological polar surface area (TPSA) is 39.4 Å². The fourth-order valence-electron chi connectivity index (χ4n) is 3.82. The van der Waals surface area contributed by atoms with E-state index >= 15 is 0 Å². The molecule has 2 aliphatic rings. The number of fused-ring (bicyclic) bond motifs is 2. The van der Waals surface area contributed by atoms with Crippen LogP contribution in [0.1, 0.15) is 50.5 Å². The summed E-state index contributed by atoms with van der Waals surface area (Å²) in [5, 5.41) is 0. The average molecular weight is 274 g/mol. The Hall–Kier alpha value is -1.51. The molecule has 0 saturated heterocycles. The third-order valence-corrected chi connectivity index (χ3v) is 5.05. The van der Waals surface area contributed by atoms with Crippen LogP contribution in [0.2, 0.25) is 0 Å². The van der Waals surface area contributed by atoms with Crippen LogP contribution in [0.3, 0.4) is 0 Å². The van der Waals surface area contributed by atoms with Crippen LogP contribution in [0.5, 0.6) is 0 Å². The second kappa shape index (κ2) is 4.51. The maximum absolute atomic E-state index is 11.2. The van der Waals surface area contributed by atoms with Gasteiger partial charge in [0.15, 0.2) is 0 Å². The van der Waals surface area contributed by atoms with E-state index in [1.807, 2.05) is 6.26 Å². The number of carbonyl (C=O) groups is 1. The normalized spacial score (nSPS) is 28.9. The minimum Gasteiger partial charge on any atom is -0.469 e. The van der Waals surface area contributed by atoms with Crippen molar-refractivity contribution < 1.29 is 13.9 Å². The fraction of sp³-hybridized carbons (Fsp3) is 0.588. The van der Waals surface area contributed by atoms with E-state index in [4.69, 9.17) is 9.15 Å². The molecule has 1 aromatic rings. The Morgan fingerprint density at radius 2 is 2.20 bits per heavy atom. The molecular formula is C17H22O3.